The summed E-state index contributed by atoms with van der Waals surface area (Å²) in [6.45, 7) is 0. The lowest BCUT2D eigenvalue weighted by Crippen LogP contribution is -1.98. The highest BCUT2D eigenvalue weighted by atomic mass is 35.5. The molecule has 6 nitrogen and oxygen atoms in total. The Balaban J connectivity index is 0.00000243. The molecule has 0 amide bonds. The van der Waals surface area contributed by atoms with E-state index in [-0.39, 0.29) is 12.4 Å². The van der Waals surface area contributed by atoms with Gasteiger partial charge in [-0.25, -0.2) is 0 Å². The molecule has 1 aromatic heterocycles. The molecule has 0 radical (unpaired) electrons. The van der Waals surface area contributed by atoms with Crippen LogP contribution in [0.15, 0.2) is 53.8 Å². The van der Waals surface area contributed by atoms with Crippen LogP contribution in [0.2, 0.25) is 0 Å². The van der Waals surface area contributed by atoms with E-state index in [1.54, 1.807) is 33.7 Å². The minimum absolute atomic E-state index is 0. The Morgan fingerprint density at radius 1 is 0.962 bits per heavy atom. The topological polar surface area (TPSA) is 65.0 Å². The molecule has 0 spiro atoms. The van der Waals surface area contributed by atoms with Gasteiger partial charge in [0.15, 0.2) is 11.5 Å². The number of benzene rings is 2. The third-order valence-corrected chi connectivity index (χ3v) is 3.73. The van der Waals surface area contributed by atoms with Crippen molar-refractivity contribution >= 4 is 35.2 Å². The minimum Gasteiger partial charge on any atom is -0.493 e. The van der Waals surface area contributed by atoms with E-state index in [4.69, 9.17) is 14.2 Å². The number of hydrazone groups is 1. The number of rotatable bonds is 6. The second-order valence-corrected chi connectivity index (χ2v) is 5.20. The lowest BCUT2D eigenvalue weighted by molar-refractivity contribution is 0.324. The van der Waals surface area contributed by atoms with Gasteiger partial charge in [-0.1, -0.05) is 18.2 Å². The number of nitrogens with zero attached hydrogens (tertiary/aromatic N) is 2. The number of para-hydroxylation sites is 1. The maximum Gasteiger partial charge on any atom is 0.203 e. The smallest absolute Gasteiger partial charge is 0.203 e. The normalized spacial score (nSPS) is 10.4. The summed E-state index contributed by atoms with van der Waals surface area (Å²) in [5.41, 5.74) is 5.67. The Bertz CT molecular complexity index is 885. The zero-order chi connectivity index (χ0) is 17.6. The van der Waals surface area contributed by atoms with E-state index in [2.05, 4.69) is 15.5 Å². The summed E-state index contributed by atoms with van der Waals surface area (Å²) in [7, 11) is 4.74. The second-order valence-electron chi connectivity index (χ2n) is 5.20. The average molecular weight is 374 g/mol. The predicted octanol–water partition coefficient (Wildman–Crippen LogP) is 4.13. The van der Waals surface area contributed by atoms with E-state index in [9.17, 15) is 0 Å². The monoisotopic (exact) mass is 373 g/mol. The Kier molecular flexibility index (Phi) is 6.63. The van der Waals surface area contributed by atoms with E-state index in [1.807, 2.05) is 42.5 Å². The highest BCUT2D eigenvalue weighted by Gasteiger charge is 2.12. The first-order valence-corrected chi connectivity index (χ1v) is 7.69. The van der Waals surface area contributed by atoms with Crippen LogP contribution in [0, 0.1) is 0 Å². The first-order valence-electron chi connectivity index (χ1n) is 7.69. The van der Waals surface area contributed by atoms with E-state index >= 15 is 0 Å². The highest BCUT2D eigenvalue weighted by Crippen LogP contribution is 2.37. The van der Waals surface area contributed by atoms with E-state index in [0.717, 1.165) is 22.2 Å². The fourth-order valence-electron chi connectivity index (χ4n) is 2.55. The van der Waals surface area contributed by atoms with Gasteiger partial charge in [0.25, 0.3) is 0 Å². The maximum atomic E-state index is 5.35. The zero-order valence-electron chi connectivity index (χ0n) is 14.7. The summed E-state index contributed by atoms with van der Waals surface area (Å²) in [6, 6.07) is 13.4. The van der Waals surface area contributed by atoms with Crippen molar-refractivity contribution in [1.82, 2.24) is 4.98 Å². The lowest BCUT2D eigenvalue weighted by Gasteiger charge is -2.12. The molecule has 1 heterocycles. The van der Waals surface area contributed by atoms with Gasteiger partial charge in [0.05, 0.1) is 38.7 Å². The van der Waals surface area contributed by atoms with Crippen LogP contribution in [0.25, 0.3) is 10.9 Å². The molecule has 0 aliphatic heterocycles. The number of anilines is 1. The Morgan fingerprint density at radius 3 is 2.31 bits per heavy atom. The molecular formula is C19H20ClN3O3. The SMILES string of the molecule is COc1cc(C=NNc2ccnc3ccccc23)cc(OC)c1OC.Cl. The second kappa shape index (κ2) is 8.92. The van der Waals surface area contributed by atoms with Crippen LogP contribution in [0.3, 0.4) is 0 Å². The van der Waals surface area contributed by atoms with E-state index < -0.39 is 0 Å². The Hall–Kier alpha value is -2.99. The van der Waals surface area contributed by atoms with Crippen LogP contribution >= 0.6 is 12.4 Å². The molecule has 0 bridgehead atoms. The summed E-state index contributed by atoms with van der Waals surface area (Å²) in [6.07, 6.45) is 3.44. The van der Waals surface area contributed by atoms with Gasteiger partial charge in [0.1, 0.15) is 0 Å². The summed E-state index contributed by atoms with van der Waals surface area (Å²) in [5, 5.41) is 5.32. The van der Waals surface area contributed by atoms with Crippen molar-refractivity contribution in [1.29, 1.82) is 0 Å². The average Bonchev–Trinajstić information content (AvgIpc) is 2.67. The van der Waals surface area contributed by atoms with Gasteiger partial charge in [-0.15, -0.1) is 12.4 Å². The first-order chi connectivity index (χ1) is 12.3. The number of fused-ring (bicyclic) bond motifs is 1. The van der Waals surface area contributed by atoms with Gasteiger partial charge in [-0.2, -0.15) is 5.10 Å². The van der Waals surface area contributed by atoms with Crippen molar-refractivity contribution in [3.05, 3.63) is 54.2 Å². The van der Waals surface area contributed by atoms with Crippen molar-refractivity contribution in [2.24, 2.45) is 5.10 Å². The fourth-order valence-corrected chi connectivity index (χ4v) is 2.55. The lowest BCUT2D eigenvalue weighted by atomic mass is 10.2. The van der Waals surface area contributed by atoms with Gasteiger partial charge in [-0.3, -0.25) is 10.4 Å². The van der Waals surface area contributed by atoms with Gasteiger partial charge >= 0.3 is 0 Å². The molecule has 1 N–H and O–H groups in total. The van der Waals surface area contributed by atoms with Crippen molar-refractivity contribution in [3.8, 4) is 17.2 Å². The molecule has 0 unspecified atom stereocenters. The molecule has 3 aromatic rings. The summed E-state index contributed by atoms with van der Waals surface area (Å²) < 4.78 is 16.0. The molecule has 0 aliphatic rings. The molecular weight excluding hydrogens is 354 g/mol. The molecule has 0 saturated heterocycles. The van der Waals surface area contributed by atoms with Crippen LogP contribution in [-0.4, -0.2) is 32.5 Å². The van der Waals surface area contributed by atoms with Crippen molar-refractivity contribution < 1.29 is 14.2 Å². The largest absolute Gasteiger partial charge is 0.493 e. The van der Waals surface area contributed by atoms with Crippen molar-refractivity contribution in [2.75, 3.05) is 26.8 Å². The zero-order valence-corrected chi connectivity index (χ0v) is 15.5. The number of hydrogen-bond donors (Lipinski definition) is 1. The predicted molar refractivity (Wildman–Crippen MR) is 106 cm³/mol. The van der Waals surface area contributed by atoms with Crippen molar-refractivity contribution in [2.45, 2.75) is 0 Å². The van der Waals surface area contributed by atoms with Crippen LogP contribution in [0.4, 0.5) is 5.69 Å². The summed E-state index contributed by atoms with van der Waals surface area (Å²) in [5.74, 6) is 1.71. The molecule has 26 heavy (non-hydrogen) atoms. The Labute approximate surface area is 158 Å². The molecule has 7 heteroatoms. The number of nitrogens with one attached hydrogen (secondary N) is 1. The molecule has 0 atom stereocenters. The third kappa shape index (κ3) is 3.97. The molecule has 0 aliphatic carbocycles. The number of methoxy groups -OCH3 is 3. The quantitative estimate of drug-likeness (QED) is 0.520. The standard InChI is InChI=1S/C19H19N3O3.ClH/c1-23-17-10-13(11-18(24-2)19(17)25-3)12-21-22-16-8-9-20-15-7-5-4-6-14(15)16;/h4-12H,1-3H3,(H,20,22);1H. The molecule has 3 rings (SSSR count). The van der Waals surface area contributed by atoms with Crippen LogP contribution in [0.5, 0.6) is 17.2 Å². The summed E-state index contributed by atoms with van der Waals surface area (Å²) >= 11 is 0. The molecule has 2 aromatic carbocycles. The first kappa shape index (κ1) is 19.3. The van der Waals surface area contributed by atoms with Gasteiger partial charge in [0, 0.05) is 17.1 Å². The molecule has 0 saturated carbocycles. The summed E-state index contributed by atoms with van der Waals surface area (Å²) in [4.78, 5) is 4.33. The third-order valence-electron chi connectivity index (χ3n) is 3.73. The molecule has 136 valence electrons. The van der Waals surface area contributed by atoms with Gasteiger partial charge in [0.2, 0.25) is 5.75 Å². The number of aromatic nitrogens is 1. The van der Waals surface area contributed by atoms with Gasteiger partial charge < -0.3 is 14.2 Å². The number of halogens is 1. The number of hydrogen-bond acceptors (Lipinski definition) is 6. The van der Waals surface area contributed by atoms with Crippen LogP contribution in [-0.2, 0) is 0 Å². The highest BCUT2D eigenvalue weighted by molar-refractivity contribution is 5.91. The minimum atomic E-state index is 0. The van der Waals surface area contributed by atoms with Gasteiger partial charge in [-0.05, 0) is 24.3 Å². The van der Waals surface area contributed by atoms with Crippen LogP contribution in [0.1, 0.15) is 5.56 Å². The number of ether oxygens (including phenoxy) is 3. The molecule has 0 fully saturated rings. The number of pyridine rings is 1. The van der Waals surface area contributed by atoms with Crippen LogP contribution < -0.4 is 19.6 Å². The maximum absolute atomic E-state index is 5.35. The Morgan fingerprint density at radius 2 is 1.65 bits per heavy atom. The van der Waals surface area contributed by atoms with E-state index in [1.165, 1.54) is 0 Å². The fraction of sp³-hybridized carbons (Fsp3) is 0.158. The van der Waals surface area contributed by atoms with Crippen molar-refractivity contribution in [3.63, 3.8) is 0 Å². The van der Waals surface area contributed by atoms with E-state index in [0.29, 0.717) is 17.2 Å².